The van der Waals surface area contributed by atoms with Crippen molar-refractivity contribution in [2.75, 3.05) is 33.3 Å². The van der Waals surface area contributed by atoms with Crippen LogP contribution in [0, 0.1) is 6.92 Å². The van der Waals surface area contributed by atoms with Crippen molar-refractivity contribution in [2.24, 2.45) is 0 Å². The van der Waals surface area contributed by atoms with E-state index < -0.39 is 0 Å². The van der Waals surface area contributed by atoms with Crippen LogP contribution in [-0.4, -0.2) is 74.8 Å². The minimum Gasteiger partial charge on any atom is -0.467 e. The fourth-order valence-corrected chi connectivity index (χ4v) is 4.43. The Hall–Kier alpha value is -4.40. The predicted octanol–water partition coefficient (Wildman–Crippen LogP) is 3.38. The Kier molecular flexibility index (Phi) is 6.28. The van der Waals surface area contributed by atoms with E-state index >= 15 is 0 Å². The summed E-state index contributed by atoms with van der Waals surface area (Å²) in [5.74, 6) is 0.00322. The smallest absolute Gasteiger partial charge is 0.316 e. The molecule has 2 amide bonds. The first-order valence-electron chi connectivity index (χ1n) is 11.7. The van der Waals surface area contributed by atoms with Crippen LogP contribution in [0.1, 0.15) is 22.8 Å². The summed E-state index contributed by atoms with van der Waals surface area (Å²) in [4.78, 5) is 46.1. The molecule has 1 aliphatic heterocycles. The molecular formula is C27H26N6O3. The highest BCUT2D eigenvalue weighted by atomic mass is 16.5. The lowest BCUT2D eigenvalue weighted by Crippen LogP contribution is -2.50. The van der Waals surface area contributed by atoms with Gasteiger partial charge in [-0.25, -0.2) is 19.9 Å². The largest absolute Gasteiger partial charge is 0.467 e. The number of fused-ring (bicyclic) bond motifs is 1. The van der Waals surface area contributed by atoms with Crippen LogP contribution >= 0.6 is 0 Å². The van der Waals surface area contributed by atoms with Crippen molar-refractivity contribution < 1.29 is 14.3 Å². The number of hydrogen-bond donors (Lipinski definition) is 0. The van der Waals surface area contributed by atoms with Gasteiger partial charge in [0.2, 0.25) is 5.91 Å². The summed E-state index contributed by atoms with van der Waals surface area (Å²) in [6.07, 6.45) is 4.96. The number of ether oxygens (including phenoxy) is 1. The molecule has 0 bridgehead atoms. The maximum Gasteiger partial charge on any atom is 0.316 e. The average molecular weight is 483 g/mol. The molecule has 36 heavy (non-hydrogen) atoms. The monoisotopic (exact) mass is 482 g/mol. The Morgan fingerprint density at radius 3 is 2.22 bits per heavy atom. The molecule has 0 unspecified atom stereocenters. The summed E-state index contributed by atoms with van der Waals surface area (Å²) in [6, 6.07) is 12.1. The third-order valence-electron chi connectivity index (χ3n) is 6.53. The minimum atomic E-state index is -0.0352. The van der Waals surface area contributed by atoms with Gasteiger partial charge >= 0.3 is 6.01 Å². The van der Waals surface area contributed by atoms with Crippen molar-refractivity contribution in [2.45, 2.75) is 13.8 Å². The van der Waals surface area contributed by atoms with Crippen LogP contribution in [0.3, 0.4) is 0 Å². The standard InChI is InChI=1S/C27H26N6O3/c1-17-4-5-20(13-22(17)26(35)33-10-8-32(9-11-33)18(2)34)25-23-12-19(6-7-24(23)30-16-31-25)21-14-28-27(36-3)29-15-21/h4-7,12-16H,8-11H2,1-3H3. The van der Waals surface area contributed by atoms with Crippen molar-refractivity contribution in [1.82, 2.24) is 29.7 Å². The first-order chi connectivity index (χ1) is 17.4. The van der Waals surface area contributed by atoms with Crippen LogP contribution in [0.2, 0.25) is 0 Å². The second kappa shape index (κ2) is 9.69. The SMILES string of the molecule is COc1ncc(-c2ccc3ncnc(-c4ccc(C)c(C(=O)N5CCN(C(C)=O)CC5)c4)c3c2)cn1. The van der Waals surface area contributed by atoms with Gasteiger partial charge in [0.05, 0.1) is 18.3 Å². The fourth-order valence-electron chi connectivity index (χ4n) is 4.43. The van der Waals surface area contributed by atoms with E-state index in [-0.39, 0.29) is 11.8 Å². The molecule has 5 rings (SSSR count). The lowest BCUT2D eigenvalue weighted by molar-refractivity contribution is -0.130. The van der Waals surface area contributed by atoms with Crippen LogP contribution in [0.5, 0.6) is 6.01 Å². The molecule has 9 nitrogen and oxygen atoms in total. The highest BCUT2D eigenvalue weighted by Crippen LogP contribution is 2.31. The number of carbonyl (C=O) groups is 2. The Bertz CT molecular complexity index is 1450. The quantitative estimate of drug-likeness (QED) is 0.439. The van der Waals surface area contributed by atoms with E-state index in [2.05, 4.69) is 19.9 Å². The van der Waals surface area contributed by atoms with Gasteiger partial charge in [0.25, 0.3) is 5.91 Å². The molecule has 3 heterocycles. The molecule has 0 atom stereocenters. The van der Waals surface area contributed by atoms with E-state index in [4.69, 9.17) is 4.74 Å². The van der Waals surface area contributed by atoms with E-state index in [0.717, 1.165) is 38.9 Å². The van der Waals surface area contributed by atoms with Crippen molar-refractivity contribution in [3.63, 3.8) is 0 Å². The number of rotatable bonds is 4. The lowest BCUT2D eigenvalue weighted by Gasteiger charge is -2.34. The van der Waals surface area contributed by atoms with Crippen molar-refractivity contribution in [3.05, 3.63) is 66.2 Å². The van der Waals surface area contributed by atoms with Crippen LogP contribution in [-0.2, 0) is 4.79 Å². The molecule has 4 aromatic rings. The van der Waals surface area contributed by atoms with E-state index in [0.29, 0.717) is 37.8 Å². The number of methoxy groups -OCH3 is 1. The first-order valence-corrected chi connectivity index (χ1v) is 11.7. The Labute approximate surface area is 208 Å². The number of carbonyl (C=O) groups excluding carboxylic acids is 2. The molecule has 0 saturated carbocycles. The zero-order valence-electron chi connectivity index (χ0n) is 20.4. The zero-order valence-corrected chi connectivity index (χ0v) is 20.4. The van der Waals surface area contributed by atoms with Crippen molar-refractivity contribution in [1.29, 1.82) is 0 Å². The number of nitrogens with zero attached hydrogens (tertiary/aromatic N) is 6. The van der Waals surface area contributed by atoms with E-state index in [1.165, 1.54) is 13.4 Å². The van der Waals surface area contributed by atoms with Gasteiger partial charge in [-0.05, 0) is 36.2 Å². The number of benzene rings is 2. The molecule has 0 N–H and O–H groups in total. The second-order valence-electron chi connectivity index (χ2n) is 8.74. The highest BCUT2D eigenvalue weighted by Gasteiger charge is 2.24. The summed E-state index contributed by atoms with van der Waals surface area (Å²) < 4.78 is 5.06. The normalized spacial score (nSPS) is 13.6. The molecule has 0 radical (unpaired) electrons. The molecule has 0 aliphatic carbocycles. The number of aromatic nitrogens is 4. The Morgan fingerprint density at radius 2 is 1.53 bits per heavy atom. The first kappa shape index (κ1) is 23.3. The second-order valence-corrected chi connectivity index (χ2v) is 8.74. The summed E-state index contributed by atoms with van der Waals surface area (Å²) in [5, 5.41) is 0.864. The number of hydrogen-bond acceptors (Lipinski definition) is 7. The van der Waals surface area contributed by atoms with Gasteiger partial charge in [0, 0.05) is 67.6 Å². The van der Waals surface area contributed by atoms with Crippen LogP contribution in [0.25, 0.3) is 33.3 Å². The van der Waals surface area contributed by atoms with Gasteiger partial charge in [-0.1, -0.05) is 18.2 Å². The Morgan fingerprint density at radius 1 is 0.833 bits per heavy atom. The molecule has 1 saturated heterocycles. The van der Waals surface area contributed by atoms with Crippen LogP contribution in [0.15, 0.2) is 55.1 Å². The summed E-state index contributed by atoms with van der Waals surface area (Å²) in [6.45, 7) is 5.63. The minimum absolute atomic E-state index is 0.0352. The molecule has 1 fully saturated rings. The average Bonchev–Trinajstić information content (AvgIpc) is 2.92. The molecule has 1 aliphatic rings. The lowest BCUT2D eigenvalue weighted by atomic mass is 9.98. The predicted molar refractivity (Wildman–Crippen MR) is 135 cm³/mol. The van der Waals surface area contributed by atoms with E-state index in [1.807, 2.05) is 48.2 Å². The van der Waals surface area contributed by atoms with Crippen molar-refractivity contribution in [3.8, 4) is 28.4 Å². The number of piperazine rings is 1. The van der Waals surface area contributed by atoms with Crippen LogP contribution < -0.4 is 4.74 Å². The fraction of sp³-hybridized carbons (Fsp3) is 0.259. The van der Waals surface area contributed by atoms with E-state index in [9.17, 15) is 9.59 Å². The van der Waals surface area contributed by atoms with E-state index in [1.54, 1.807) is 24.2 Å². The molecular weight excluding hydrogens is 456 g/mol. The maximum absolute atomic E-state index is 13.4. The van der Waals surface area contributed by atoms with Gasteiger partial charge < -0.3 is 14.5 Å². The number of amides is 2. The topological polar surface area (TPSA) is 101 Å². The summed E-state index contributed by atoms with van der Waals surface area (Å²) in [5.41, 5.74) is 5.67. The summed E-state index contributed by atoms with van der Waals surface area (Å²) in [7, 11) is 1.53. The Balaban J connectivity index is 1.50. The number of aryl methyl sites for hydroxylation is 1. The maximum atomic E-state index is 13.4. The van der Waals surface area contributed by atoms with Gasteiger partial charge in [-0.15, -0.1) is 0 Å². The molecule has 2 aromatic heterocycles. The molecule has 2 aromatic carbocycles. The molecule has 182 valence electrons. The van der Waals surface area contributed by atoms with Crippen molar-refractivity contribution >= 4 is 22.7 Å². The van der Waals surface area contributed by atoms with Gasteiger partial charge in [-0.2, -0.15) is 0 Å². The third kappa shape index (κ3) is 4.47. The van der Waals surface area contributed by atoms with Gasteiger partial charge in [0.1, 0.15) is 6.33 Å². The highest BCUT2D eigenvalue weighted by molar-refractivity contribution is 5.99. The van der Waals surface area contributed by atoms with Gasteiger partial charge in [-0.3, -0.25) is 9.59 Å². The van der Waals surface area contributed by atoms with Crippen LogP contribution in [0.4, 0.5) is 0 Å². The van der Waals surface area contributed by atoms with Gasteiger partial charge in [0.15, 0.2) is 0 Å². The zero-order chi connectivity index (χ0) is 25.2. The molecule has 9 heteroatoms. The third-order valence-corrected chi connectivity index (χ3v) is 6.53. The summed E-state index contributed by atoms with van der Waals surface area (Å²) >= 11 is 0. The molecule has 0 spiro atoms.